The minimum absolute atomic E-state index is 0.311. The molecule has 0 saturated heterocycles. The van der Waals surface area contributed by atoms with Crippen LogP contribution in [-0.2, 0) is 15.5 Å². The van der Waals surface area contributed by atoms with E-state index >= 15 is 0 Å². The second-order valence-corrected chi connectivity index (χ2v) is 2.97. The van der Waals surface area contributed by atoms with E-state index in [9.17, 15) is 8.76 Å². The van der Waals surface area contributed by atoms with Crippen molar-refractivity contribution in [3.8, 4) is 0 Å². The largest absolute Gasteiger partial charge is 0.750 e. The van der Waals surface area contributed by atoms with Crippen LogP contribution >= 0.6 is 0 Å². The van der Waals surface area contributed by atoms with Crippen molar-refractivity contribution < 1.29 is 12.9 Å². The van der Waals surface area contributed by atoms with Crippen LogP contribution < -0.4 is 0 Å². The van der Waals surface area contributed by atoms with Gasteiger partial charge in [0.15, 0.2) is 0 Å². The highest BCUT2D eigenvalue weighted by Crippen LogP contribution is 2.05. The molecule has 0 aromatic carbocycles. The van der Waals surface area contributed by atoms with Crippen molar-refractivity contribution in [2.75, 3.05) is 6.61 Å². The molecular formula is C6H13O3S-. The molecule has 0 rings (SSSR count). The molecule has 0 heterocycles. The van der Waals surface area contributed by atoms with Crippen molar-refractivity contribution >= 4 is 11.4 Å². The highest BCUT2D eigenvalue weighted by molar-refractivity contribution is 7.74. The second kappa shape index (κ2) is 5.82. The maximum atomic E-state index is 9.85. The third-order valence-corrected chi connectivity index (χ3v) is 1.85. The number of hydrogen-bond donors (Lipinski definition) is 0. The molecule has 62 valence electrons. The maximum absolute atomic E-state index is 9.85. The van der Waals surface area contributed by atoms with Crippen molar-refractivity contribution in [2.24, 2.45) is 5.92 Å². The SMILES string of the molecule is CCC(C)CCOS(=O)[O-]. The summed E-state index contributed by atoms with van der Waals surface area (Å²) in [6.07, 6.45) is 1.87. The standard InChI is InChI=1S/C6H14O3S/c1-3-6(2)4-5-9-10(7)8/h6H,3-5H2,1-2H3,(H,7,8)/p-1. The summed E-state index contributed by atoms with van der Waals surface area (Å²) in [5, 5.41) is 0. The fourth-order valence-corrected chi connectivity index (χ4v) is 0.754. The van der Waals surface area contributed by atoms with Gasteiger partial charge < -0.3 is 8.74 Å². The molecule has 0 aliphatic rings. The molecule has 4 heteroatoms. The Balaban J connectivity index is 3.11. The molecule has 10 heavy (non-hydrogen) atoms. The molecule has 2 atom stereocenters. The van der Waals surface area contributed by atoms with Crippen LogP contribution in [0.2, 0.25) is 0 Å². The minimum atomic E-state index is -2.33. The Bertz CT molecular complexity index is 105. The molecule has 0 spiro atoms. The van der Waals surface area contributed by atoms with Crippen LogP contribution in [0, 0.1) is 5.92 Å². The fourth-order valence-electron chi connectivity index (χ4n) is 0.521. The summed E-state index contributed by atoms with van der Waals surface area (Å²) in [4.78, 5) is 0. The molecule has 0 saturated carbocycles. The van der Waals surface area contributed by atoms with Gasteiger partial charge in [0.2, 0.25) is 0 Å². The first-order chi connectivity index (χ1) is 4.66. The molecule has 0 amide bonds. The van der Waals surface area contributed by atoms with E-state index in [1.165, 1.54) is 0 Å². The lowest BCUT2D eigenvalue weighted by Gasteiger charge is -2.08. The van der Waals surface area contributed by atoms with Gasteiger partial charge in [0.05, 0.1) is 18.0 Å². The Labute approximate surface area is 64.3 Å². The lowest BCUT2D eigenvalue weighted by atomic mass is 10.1. The van der Waals surface area contributed by atoms with Crippen LogP contribution in [0.15, 0.2) is 0 Å². The fraction of sp³-hybridized carbons (Fsp3) is 1.00. The molecule has 0 aromatic rings. The van der Waals surface area contributed by atoms with E-state index in [1.807, 2.05) is 0 Å². The molecule has 0 aliphatic carbocycles. The van der Waals surface area contributed by atoms with Crippen molar-refractivity contribution in [1.29, 1.82) is 0 Å². The molecule has 0 fully saturated rings. The van der Waals surface area contributed by atoms with Gasteiger partial charge in [0, 0.05) is 0 Å². The predicted octanol–water partition coefficient (Wildman–Crippen LogP) is 1.23. The van der Waals surface area contributed by atoms with Crippen molar-refractivity contribution in [3.05, 3.63) is 0 Å². The second-order valence-electron chi connectivity index (χ2n) is 2.33. The van der Waals surface area contributed by atoms with Crippen molar-refractivity contribution in [2.45, 2.75) is 26.7 Å². The molecule has 0 N–H and O–H groups in total. The zero-order valence-electron chi connectivity index (χ0n) is 6.33. The zero-order chi connectivity index (χ0) is 7.98. The number of rotatable bonds is 5. The van der Waals surface area contributed by atoms with Crippen molar-refractivity contribution in [1.82, 2.24) is 0 Å². The summed E-state index contributed by atoms with van der Waals surface area (Å²) in [5.74, 6) is 0.545. The highest BCUT2D eigenvalue weighted by atomic mass is 32.2. The molecule has 0 aromatic heterocycles. The van der Waals surface area contributed by atoms with Gasteiger partial charge in [0.25, 0.3) is 0 Å². The Morgan fingerprint density at radius 2 is 2.30 bits per heavy atom. The first-order valence-corrected chi connectivity index (χ1v) is 4.39. The first kappa shape index (κ1) is 10.1. The van der Waals surface area contributed by atoms with Crippen LogP contribution in [0.25, 0.3) is 0 Å². The summed E-state index contributed by atoms with van der Waals surface area (Å²) >= 11 is -2.33. The summed E-state index contributed by atoms with van der Waals surface area (Å²) in [6, 6.07) is 0. The van der Waals surface area contributed by atoms with Crippen LogP contribution in [0.3, 0.4) is 0 Å². The summed E-state index contributed by atoms with van der Waals surface area (Å²) in [7, 11) is 0. The van der Waals surface area contributed by atoms with Gasteiger partial charge in [-0.05, 0) is 12.3 Å². The summed E-state index contributed by atoms with van der Waals surface area (Å²) < 4.78 is 24.0. The molecule has 0 radical (unpaired) electrons. The van der Waals surface area contributed by atoms with E-state index in [1.54, 1.807) is 0 Å². The monoisotopic (exact) mass is 165 g/mol. The highest BCUT2D eigenvalue weighted by Gasteiger charge is 1.97. The average Bonchev–Trinajstić information content (AvgIpc) is 1.87. The van der Waals surface area contributed by atoms with E-state index < -0.39 is 11.4 Å². The van der Waals surface area contributed by atoms with E-state index in [0.29, 0.717) is 12.5 Å². The molecular weight excluding hydrogens is 152 g/mol. The van der Waals surface area contributed by atoms with E-state index in [4.69, 9.17) is 0 Å². The summed E-state index contributed by atoms with van der Waals surface area (Å²) in [5.41, 5.74) is 0. The van der Waals surface area contributed by atoms with Crippen LogP contribution in [0.1, 0.15) is 26.7 Å². The molecule has 2 unspecified atom stereocenters. The summed E-state index contributed by atoms with van der Waals surface area (Å²) in [6.45, 7) is 4.45. The van der Waals surface area contributed by atoms with Gasteiger partial charge in [-0.2, -0.15) is 0 Å². The third-order valence-electron chi connectivity index (χ3n) is 1.49. The van der Waals surface area contributed by atoms with Gasteiger partial charge in [-0.25, -0.2) is 4.21 Å². The quantitative estimate of drug-likeness (QED) is 0.576. The third kappa shape index (κ3) is 6.19. The average molecular weight is 165 g/mol. The van der Waals surface area contributed by atoms with Gasteiger partial charge in [-0.3, -0.25) is 0 Å². The van der Waals surface area contributed by atoms with E-state index in [0.717, 1.165) is 12.8 Å². The topological polar surface area (TPSA) is 49.4 Å². The van der Waals surface area contributed by atoms with Gasteiger partial charge in [-0.15, -0.1) is 0 Å². The van der Waals surface area contributed by atoms with Gasteiger partial charge in [0.1, 0.15) is 0 Å². The number of hydrogen-bond acceptors (Lipinski definition) is 3. The Kier molecular flexibility index (Phi) is 5.87. The molecule has 0 aliphatic heterocycles. The molecule has 3 nitrogen and oxygen atoms in total. The van der Waals surface area contributed by atoms with Crippen LogP contribution in [0.5, 0.6) is 0 Å². The first-order valence-electron chi connectivity index (χ1n) is 3.39. The van der Waals surface area contributed by atoms with Crippen molar-refractivity contribution in [3.63, 3.8) is 0 Å². The maximum Gasteiger partial charge on any atom is 0.0842 e. The minimum Gasteiger partial charge on any atom is -0.750 e. The van der Waals surface area contributed by atoms with Gasteiger partial charge in [-0.1, -0.05) is 20.3 Å². The zero-order valence-corrected chi connectivity index (χ0v) is 7.15. The molecule has 0 bridgehead atoms. The smallest absolute Gasteiger partial charge is 0.0842 e. The lowest BCUT2D eigenvalue weighted by Crippen LogP contribution is -2.02. The Hall–Kier alpha value is 0.0700. The lowest BCUT2D eigenvalue weighted by molar-refractivity contribution is 0.272. The van der Waals surface area contributed by atoms with Gasteiger partial charge >= 0.3 is 0 Å². The van der Waals surface area contributed by atoms with Crippen LogP contribution in [0.4, 0.5) is 0 Å². The van der Waals surface area contributed by atoms with E-state index in [2.05, 4.69) is 18.0 Å². The predicted molar refractivity (Wildman–Crippen MR) is 38.9 cm³/mol. The van der Waals surface area contributed by atoms with E-state index in [-0.39, 0.29) is 0 Å². The van der Waals surface area contributed by atoms with Crippen LogP contribution in [-0.4, -0.2) is 15.4 Å². The Morgan fingerprint density at radius 1 is 1.70 bits per heavy atom. The normalized spacial score (nSPS) is 16.7. The Morgan fingerprint density at radius 3 is 2.70 bits per heavy atom.